The Kier molecular flexibility index (Phi) is 7.22. The molecule has 1 aliphatic heterocycles. The molecule has 29 heavy (non-hydrogen) atoms. The first-order valence-electron chi connectivity index (χ1n) is 10.4. The highest BCUT2D eigenvalue weighted by molar-refractivity contribution is 8.00. The largest absolute Gasteiger partial charge is 0.452 e. The maximum absolute atomic E-state index is 12.5. The van der Waals surface area contributed by atoms with Crippen LogP contribution in [0.25, 0.3) is 0 Å². The zero-order valence-electron chi connectivity index (χ0n) is 17.3. The van der Waals surface area contributed by atoms with Crippen LogP contribution in [0, 0.1) is 11.8 Å². The lowest BCUT2D eigenvalue weighted by molar-refractivity contribution is -0.155. The number of nitrogens with zero attached hydrogens (tertiary/aromatic N) is 1. The second-order valence-electron chi connectivity index (χ2n) is 8.07. The number of para-hydroxylation sites is 1. The molecule has 1 N–H and O–H groups in total. The van der Waals surface area contributed by atoms with Crippen molar-refractivity contribution in [2.45, 2.75) is 63.5 Å². The van der Waals surface area contributed by atoms with E-state index in [0.717, 1.165) is 23.4 Å². The van der Waals surface area contributed by atoms with Gasteiger partial charge in [0.2, 0.25) is 5.91 Å². The van der Waals surface area contributed by atoms with Crippen molar-refractivity contribution in [2.24, 2.45) is 11.8 Å². The van der Waals surface area contributed by atoms with Crippen LogP contribution in [0.3, 0.4) is 0 Å². The molecule has 1 aromatic carbocycles. The minimum atomic E-state index is -0.841. The standard InChI is InChI=1S/C22H30N2O4S/c1-14-7-6-8-17(15(14)2)23-22(27)16(3)28-21(26)11-12-24-18-9-4-5-10-19(18)29-13-20(24)25/h4-5,9-10,14-17H,6-8,11-13H2,1-3H3,(H,23,27)/t14-,15+,16+,17+/m0/s1. The number of rotatable bonds is 6. The van der Waals surface area contributed by atoms with Gasteiger partial charge in [-0.2, -0.15) is 0 Å². The maximum Gasteiger partial charge on any atom is 0.308 e. The Morgan fingerprint density at radius 3 is 2.83 bits per heavy atom. The van der Waals surface area contributed by atoms with Crippen LogP contribution in [0.15, 0.2) is 29.2 Å². The number of thioether (sulfide) groups is 1. The summed E-state index contributed by atoms with van der Waals surface area (Å²) in [6.45, 7) is 6.23. The van der Waals surface area contributed by atoms with E-state index in [2.05, 4.69) is 19.2 Å². The van der Waals surface area contributed by atoms with E-state index in [9.17, 15) is 14.4 Å². The molecule has 0 aromatic heterocycles. The molecule has 2 aliphatic rings. The average molecular weight is 419 g/mol. The number of nitrogens with one attached hydrogen (secondary N) is 1. The van der Waals surface area contributed by atoms with Gasteiger partial charge in [0, 0.05) is 17.5 Å². The Morgan fingerprint density at radius 1 is 1.28 bits per heavy atom. The second kappa shape index (κ2) is 9.65. The lowest BCUT2D eigenvalue weighted by Gasteiger charge is -2.35. The number of benzene rings is 1. The van der Waals surface area contributed by atoms with Crippen molar-refractivity contribution in [1.29, 1.82) is 0 Å². The number of esters is 1. The van der Waals surface area contributed by atoms with Gasteiger partial charge in [-0.05, 0) is 37.3 Å². The Balaban J connectivity index is 1.49. The predicted molar refractivity (Wildman–Crippen MR) is 114 cm³/mol. The highest BCUT2D eigenvalue weighted by Crippen LogP contribution is 2.35. The molecule has 1 saturated carbocycles. The Hall–Kier alpha value is -2.02. The summed E-state index contributed by atoms with van der Waals surface area (Å²) in [5.41, 5.74) is 0.827. The third kappa shape index (κ3) is 5.32. The summed E-state index contributed by atoms with van der Waals surface area (Å²) in [4.78, 5) is 39.7. The van der Waals surface area contributed by atoms with E-state index in [1.807, 2.05) is 24.3 Å². The number of hydrogen-bond acceptors (Lipinski definition) is 5. The smallest absolute Gasteiger partial charge is 0.308 e. The summed E-state index contributed by atoms with van der Waals surface area (Å²) in [7, 11) is 0. The zero-order valence-corrected chi connectivity index (χ0v) is 18.2. The van der Waals surface area contributed by atoms with Crippen molar-refractivity contribution in [2.75, 3.05) is 17.2 Å². The molecule has 4 atom stereocenters. The summed E-state index contributed by atoms with van der Waals surface area (Å²) < 4.78 is 5.34. The molecule has 6 nitrogen and oxygen atoms in total. The van der Waals surface area contributed by atoms with Gasteiger partial charge < -0.3 is 15.0 Å². The van der Waals surface area contributed by atoms with E-state index < -0.39 is 12.1 Å². The molecule has 1 fully saturated rings. The highest BCUT2D eigenvalue weighted by Gasteiger charge is 2.30. The van der Waals surface area contributed by atoms with E-state index in [1.165, 1.54) is 18.2 Å². The van der Waals surface area contributed by atoms with Crippen LogP contribution < -0.4 is 10.2 Å². The van der Waals surface area contributed by atoms with Crippen LogP contribution in [-0.4, -0.2) is 42.2 Å². The van der Waals surface area contributed by atoms with Crippen LogP contribution in [-0.2, 0) is 19.1 Å². The third-order valence-electron chi connectivity index (χ3n) is 6.06. The van der Waals surface area contributed by atoms with E-state index in [-0.39, 0.29) is 30.8 Å². The molecule has 7 heteroatoms. The van der Waals surface area contributed by atoms with E-state index in [4.69, 9.17) is 4.74 Å². The van der Waals surface area contributed by atoms with E-state index >= 15 is 0 Å². The fourth-order valence-corrected chi connectivity index (χ4v) is 4.93. The first-order valence-corrected chi connectivity index (χ1v) is 11.4. The average Bonchev–Trinajstić information content (AvgIpc) is 2.70. The Morgan fingerprint density at radius 2 is 2.03 bits per heavy atom. The van der Waals surface area contributed by atoms with Gasteiger partial charge in [0.1, 0.15) is 0 Å². The number of hydrogen-bond donors (Lipinski definition) is 1. The van der Waals surface area contributed by atoms with Crippen LogP contribution in [0.1, 0.15) is 46.5 Å². The number of carbonyl (C=O) groups excluding carboxylic acids is 3. The molecule has 1 aliphatic carbocycles. The van der Waals surface area contributed by atoms with Crippen LogP contribution in [0.5, 0.6) is 0 Å². The lowest BCUT2D eigenvalue weighted by Crippen LogP contribution is -2.47. The Labute approximate surface area is 176 Å². The second-order valence-corrected chi connectivity index (χ2v) is 9.08. The molecule has 3 rings (SSSR count). The van der Waals surface area contributed by atoms with Gasteiger partial charge in [-0.1, -0.05) is 38.8 Å². The molecule has 1 aromatic rings. The predicted octanol–water partition coefficient (Wildman–Crippen LogP) is 3.39. The Bertz CT molecular complexity index is 769. The van der Waals surface area contributed by atoms with Crippen molar-refractivity contribution < 1.29 is 19.1 Å². The summed E-state index contributed by atoms with van der Waals surface area (Å²) in [6.07, 6.45) is 2.47. The van der Waals surface area contributed by atoms with Crippen molar-refractivity contribution in [3.05, 3.63) is 24.3 Å². The van der Waals surface area contributed by atoms with Gasteiger partial charge in [-0.3, -0.25) is 14.4 Å². The monoisotopic (exact) mass is 418 g/mol. The first kappa shape index (κ1) is 21.7. The number of carbonyl (C=O) groups is 3. The molecule has 0 unspecified atom stereocenters. The SMILES string of the molecule is C[C@@H]1[C@@H](C)CCC[C@H]1NC(=O)[C@@H](C)OC(=O)CCN1C(=O)CSc2ccccc21. The minimum absolute atomic E-state index is 0.0207. The van der Waals surface area contributed by atoms with Crippen LogP contribution >= 0.6 is 11.8 Å². The van der Waals surface area contributed by atoms with Crippen LogP contribution in [0.4, 0.5) is 5.69 Å². The lowest BCUT2D eigenvalue weighted by atomic mass is 9.78. The fraction of sp³-hybridized carbons (Fsp3) is 0.591. The minimum Gasteiger partial charge on any atom is -0.452 e. The van der Waals surface area contributed by atoms with Gasteiger partial charge in [-0.15, -0.1) is 11.8 Å². The molecular formula is C22H30N2O4S. The summed E-state index contributed by atoms with van der Waals surface area (Å²) in [6, 6.07) is 7.79. The van der Waals surface area contributed by atoms with Gasteiger partial charge in [-0.25, -0.2) is 0 Å². The number of anilines is 1. The molecule has 1 heterocycles. The van der Waals surface area contributed by atoms with Gasteiger partial charge in [0.15, 0.2) is 6.10 Å². The fourth-order valence-electron chi connectivity index (χ4n) is 4.00. The van der Waals surface area contributed by atoms with Crippen molar-refractivity contribution in [3.63, 3.8) is 0 Å². The number of amides is 2. The molecule has 0 spiro atoms. The molecular weight excluding hydrogens is 388 g/mol. The molecule has 158 valence electrons. The summed E-state index contributed by atoms with van der Waals surface area (Å²) in [5.74, 6) is 0.616. The van der Waals surface area contributed by atoms with Crippen molar-refractivity contribution >= 4 is 35.2 Å². The number of fused-ring (bicyclic) bond motifs is 1. The maximum atomic E-state index is 12.5. The van der Waals surface area contributed by atoms with Gasteiger partial charge in [0.25, 0.3) is 5.91 Å². The first-order chi connectivity index (χ1) is 13.9. The third-order valence-corrected chi connectivity index (χ3v) is 7.11. The van der Waals surface area contributed by atoms with E-state index in [0.29, 0.717) is 17.6 Å². The van der Waals surface area contributed by atoms with Crippen molar-refractivity contribution in [1.82, 2.24) is 5.32 Å². The van der Waals surface area contributed by atoms with E-state index in [1.54, 1.807) is 11.8 Å². The molecule has 0 bridgehead atoms. The highest BCUT2D eigenvalue weighted by atomic mass is 32.2. The topological polar surface area (TPSA) is 75.7 Å². The molecule has 0 radical (unpaired) electrons. The molecule has 2 amide bonds. The van der Waals surface area contributed by atoms with Crippen LogP contribution in [0.2, 0.25) is 0 Å². The quantitative estimate of drug-likeness (QED) is 0.717. The summed E-state index contributed by atoms with van der Waals surface area (Å²) >= 11 is 1.51. The normalized spacial score (nSPS) is 25.1. The summed E-state index contributed by atoms with van der Waals surface area (Å²) in [5, 5.41) is 3.05. The van der Waals surface area contributed by atoms with Crippen molar-refractivity contribution in [3.8, 4) is 0 Å². The van der Waals surface area contributed by atoms with Gasteiger partial charge >= 0.3 is 5.97 Å². The van der Waals surface area contributed by atoms with Gasteiger partial charge in [0.05, 0.1) is 17.9 Å². The number of ether oxygens (including phenoxy) is 1. The zero-order chi connectivity index (χ0) is 21.0. The molecule has 0 saturated heterocycles.